The van der Waals surface area contributed by atoms with Crippen LogP contribution < -0.4 is 19.5 Å². The smallest absolute Gasteiger partial charge is 0.261 e. The largest absolute Gasteiger partial charge is 0.477 e. The van der Waals surface area contributed by atoms with E-state index in [1.165, 1.54) is 0 Å². The second-order valence-corrected chi connectivity index (χ2v) is 4.84. The first-order valence-corrected chi connectivity index (χ1v) is 7.05. The molecule has 0 bridgehead atoms. The quantitative estimate of drug-likeness (QED) is 0.937. The summed E-state index contributed by atoms with van der Waals surface area (Å²) >= 11 is 6.14. The maximum absolute atomic E-state index is 12.4. The Morgan fingerprint density at radius 2 is 2.18 bits per heavy atom. The van der Waals surface area contributed by atoms with Crippen LogP contribution in [0.4, 0.5) is 5.69 Å². The number of benzene rings is 1. The standard InChI is InChI=1S/C15H13ClN2O4/c1-2-20-15-9(4-3-5-17-15)14(19)18-11-7-13-12(6-10(11)16)21-8-22-13/h3-7H,2,8H2,1H3,(H,18,19). The molecule has 0 atom stereocenters. The molecule has 1 aliphatic rings. The van der Waals surface area contributed by atoms with Crippen molar-refractivity contribution in [2.45, 2.75) is 6.92 Å². The van der Waals surface area contributed by atoms with Crippen molar-refractivity contribution in [1.82, 2.24) is 4.98 Å². The average Bonchev–Trinajstić information content (AvgIpc) is 2.95. The van der Waals surface area contributed by atoms with Gasteiger partial charge in [0.2, 0.25) is 12.7 Å². The van der Waals surface area contributed by atoms with E-state index < -0.39 is 0 Å². The van der Waals surface area contributed by atoms with Gasteiger partial charge < -0.3 is 19.5 Å². The number of hydrogen-bond acceptors (Lipinski definition) is 5. The van der Waals surface area contributed by atoms with Gasteiger partial charge in [0.05, 0.1) is 17.3 Å². The molecule has 0 saturated heterocycles. The minimum Gasteiger partial charge on any atom is -0.477 e. The van der Waals surface area contributed by atoms with Gasteiger partial charge in [-0.2, -0.15) is 0 Å². The lowest BCUT2D eigenvalue weighted by molar-refractivity contribution is 0.102. The van der Waals surface area contributed by atoms with Crippen LogP contribution in [0.2, 0.25) is 5.02 Å². The van der Waals surface area contributed by atoms with Crippen molar-refractivity contribution in [2.75, 3.05) is 18.7 Å². The number of ether oxygens (including phenoxy) is 3. The second kappa shape index (κ2) is 6.11. The van der Waals surface area contributed by atoms with E-state index in [9.17, 15) is 4.79 Å². The predicted molar refractivity (Wildman–Crippen MR) is 80.9 cm³/mol. The molecule has 0 fully saturated rings. The Balaban J connectivity index is 1.86. The molecule has 0 spiro atoms. The van der Waals surface area contributed by atoms with Gasteiger partial charge in [-0.3, -0.25) is 4.79 Å². The van der Waals surface area contributed by atoms with Gasteiger partial charge in [0, 0.05) is 18.3 Å². The molecule has 1 aromatic heterocycles. The zero-order chi connectivity index (χ0) is 15.5. The number of carbonyl (C=O) groups excluding carboxylic acids is 1. The number of hydrogen-bond donors (Lipinski definition) is 1. The van der Waals surface area contributed by atoms with Gasteiger partial charge in [0.15, 0.2) is 11.5 Å². The molecule has 114 valence electrons. The van der Waals surface area contributed by atoms with Crippen LogP contribution in [0.3, 0.4) is 0 Å². The summed E-state index contributed by atoms with van der Waals surface area (Å²) in [5, 5.41) is 3.09. The maximum Gasteiger partial charge on any atom is 0.261 e. The number of nitrogens with zero attached hydrogens (tertiary/aromatic N) is 1. The number of carbonyl (C=O) groups is 1. The Hall–Kier alpha value is -2.47. The van der Waals surface area contributed by atoms with Crippen molar-refractivity contribution < 1.29 is 19.0 Å². The zero-order valence-corrected chi connectivity index (χ0v) is 12.5. The highest BCUT2D eigenvalue weighted by molar-refractivity contribution is 6.34. The van der Waals surface area contributed by atoms with Crippen LogP contribution in [0, 0.1) is 0 Å². The van der Waals surface area contributed by atoms with Gasteiger partial charge in [-0.25, -0.2) is 4.98 Å². The number of anilines is 1. The molecular weight excluding hydrogens is 308 g/mol. The predicted octanol–water partition coefficient (Wildman–Crippen LogP) is 3.11. The van der Waals surface area contributed by atoms with Gasteiger partial charge in [0.1, 0.15) is 5.56 Å². The Bertz CT molecular complexity index is 721. The van der Waals surface area contributed by atoms with Gasteiger partial charge >= 0.3 is 0 Å². The lowest BCUT2D eigenvalue weighted by Crippen LogP contribution is -2.14. The van der Waals surface area contributed by atoms with Crippen molar-refractivity contribution in [3.63, 3.8) is 0 Å². The summed E-state index contributed by atoms with van der Waals surface area (Å²) in [5.41, 5.74) is 0.764. The molecule has 1 aliphatic heterocycles. The lowest BCUT2D eigenvalue weighted by Gasteiger charge is -2.11. The molecule has 0 aliphatic carbocycles. The normalized spacial score (nSPS) is 12.1. The third-order valence-corrected chi connectivity index (χ3v) is 3.32. The summed E-state index contributed by atoms with van der Waals surface area (Å²) in [6, 6.07) is 6.53. The van der Waals surface area contributed by atoms with E-state index in [2.05, 4.69) is 10.3 Å². The minimum absolute atomic E-state index is 0.139. The fourth-order valence-corrected chi connectivity index (χ4v) is 2.22. The van der Waals surface area contributed by atoms with Crippen molar-refractivity contribution in [3.8, 4) is 17.4 Å². The van der Waals surface area contributed by atoms with Crippen LogP contribution in [0.25, 0.3) is 0 Å². The molecule has 6 nitrogen and oxygen atoms in total. The Morgan fingerprint density at radius 1 is 1.41 bits per heavy atom. The zero-order valence-electron chi connectivity index (χ0n) is 11.8. The van der Waals surface area contributed by atoms with E-state index in [0.29, 0.717) is 34.4 Å². The van der Waals surface area contributed by atoms with Crippen LogP contribution in [0.1, 0.15) is 17.3 Å². The first-order valence-electron chi connectivity index (χ1n) is 6.67. The van der Waals surface area contributed by atoms with Gasteiger partial charge in [-0.15, -0.1) is 0 Å². The van der Waals surface area contributed by atoms with Crippen LogP contribution >= 0.6 is 11.6 Å². The van der Waals surface area contributed by atoms with Crippen LogP contribution in [0.5, 0.6) is 17.4 Å². The number of rotatable bonds is 4. The fraction of sp³-hybridized carbons (Fsp3) is 0.200. The highest BCUT2D eigenvalue weighted by Crippen LogP contribution is 2.39. The molecule has 1 amide bonds. The fourth-order valence-electron chi connectivity index (χ4n) is 2.02. The summed E-state index contributed by atoms with van der Waals surface area (Å²) in [6.45, 7) is 2.38. The third-order valence-electron chi connectivity index (χ3n) is 3.01. The van der Waals surface area contributed by atoms with Crippen LogP contribution in [-0.4, -0.2) is 24.3 Å². The summed E-state index contributed by atoms with van der Waals surface area (Å²) in [6.07, 6.45) is 1.56. The van der Waals surface area contributed by atoms with Gasteiger partial charge in [-0.1, -0.05) is 11.6 Å². The van der Waals surface area contributed by atoms with Crippen LogP contribution in [-0.2, 0) is 0 Å². The highest BCUT2D eigenvalue weighted by Gasteiger charge is 2.19. The number of aromatic nitrogens is 1. The van der Waals surface area contributed by atoms with Crippen molar-refractivity contribution >= 4 is 23.2 Å². The molecule has 7 heteroatoms. The topological polar surface area (TPSA) is 69.7 Å². The molecule has 0 unspecified atom stereocenters. The molecular formula is C15H13ClN2O4. The Kier molecular flexibility index (Phi) is 4.02. The Morgan fingerprint density at radius 3 is 2.95 bits per heavy atom. The average molecular weight is 321 g/mol. The molecule has 2 aromatic rings. The Labute approximate surface area is 132 Å². The first kappa shape index (κ1) is 14.5. The van der Waals surface area contributed by atoms with E-state index in [1.54, 1.807) is 30.5 Å². The van der Waals surface area contributed by atoms with Crippen molar-refractivity contribution in [2.24, 2.45) is 0 Å². The van der Waals surface area contributed by atoms with E-state index in [-0.39, 0.29) is 18.6 Å². The maximum atomic E-state index is 12.4. The molecule has 0 radical (unpaired) electrons. The number of halogens is 1. The van der Waals surface area contributed by atoms with E-state index >= 15 is 0 Å². The molecule has 2 heterocycles. The number of amides is 1. The third kappa shape index (κ3) is 2.78. The number of fused-ring (bicyclic) bond motifs is 1. The molecule has 3 rings (SSSR count). The summed E-state index contributed by atoms with van der Waals surface area (Å²) in [5.74, 6) is 1.01. The molecule has 1 aromatic carbocycles. The number of nitrogens with one attached hydrogen (secondary N) is 1. The molecule has 1 N–H and O–H groups in total. The van der Waals surface area contributed by atoms with E-state index in [0.717, 1.165) is 0 Å². The van der Waals surface area contributed by atoms with Gasteiger partial charge in [-0.05, 0) is 19.1 Å². The second-order valence-electron chi connectivity index (χ2n) is 4.43. The van der Waals surface area contributed by atoms with Gasteiger partial charge in [0.25, 0.3) is 5.91 Å². The highest BCUT2D eigenvalue weighted by atomic mass is 35.5. The summed E-state index contributed by atoms with van der Waals surface area (Å²) in [4.78, 5) is 16.5. The summed E-state index contributed by atoms with van der Waals surface area (Å²) < 4.78 is 15.9. The van der Waals surface area contributed by atoms with Crippen molar-refractivity contribution in [1.29, 1.82) is 0 Å². The van der Waals surface area contributed by atoms with Crippen LogP contribution in [0.15, 0.2) is 30.5 Å². The SMILES string of the molecule is CCOc1ncccc1C(=O)Nc1cc2c(cc1Cl)OCO2. The van der Waals surface area contributed by atoms with Crippen molar-refractivity contribution in [3.05, 3.63) is 41.0 Å². The molecule has 22 heavy (non-hydrogen) atoms. The van der Waals surface area contributed by atoms with E-state index in [1.807, 2.05) is 6.92 Å². The first-order chi connectivity index (χ1) is 10.7. The molecule has 0 saturated carbocycles. The number of pyridine rings is 1. The lowest BCUT2D eigenvalue weighted by atomic mass is 10.2. The monoisotopic (exact) mass is 320 g/mol. The van der Waals surface area contributed by atoms with E-state index in [4.69, 9.17) is 25.8 Å². The minimum atomic E-state index is -0.364. The summed E-state index contributed by atoms with van der Waals surface area (Å²) in [7, 11) is 0.